The Balaban J connectivity index is 2.26. The van der Waals surface area contributed by atoms with E-state index in [1.165, 1.54) is 5.56 Å². The van der Waals surface area contributed by atoms with Crippen molar-refractivity contribution in [3.8, 4) is 0 Å². The number of anilines is 1. The Bertz CT molecular complexity index is 599. The Morgan fingerprint density at radius 1 is 1.63 bits per heavy atom. The van der Waals surface area contributed by atoms with Gasteiger partial charge < -0.3 is 15.8 Å². The van der Waals surface area contributed by atoms with Crippen molar-refractivity contribution in [2.45, 2.75) is 6.54 Å². The monoisotopic (exact) mass is 340 g/mol. The molecule has 0 aliphatic rings. The maximum Gasteiger partial charge on any atom is 0.173 e. The Labute approximate surface area is 123 Å². The van der Waals surface area contributed by atoms with Gasteiger partial charge in [-0.1, -0.05) is 5.16 Å². The van der Waals surface area contributed by atoms with E-state index in [9.17, 15) is 0 Å². The summed E-state index contributed by atoms with van der Waals surface area (Å²) in [5.41, 5.74) is 7.45. The van der Waals surface area contributed by atoms with Crippen molar-refractivity contribution in [1.29, 1.82) is 0 Å². The molecule has 100 valence electrons. The first kappa shape index (κ1) is 13.8. The minimum atomic E-state index is 0.0569. The summed E-state index contributed by atoms with van der Waals surface area (Å²) < 4.78 is 1.09. The molecule has 0 aromatic carbocycles. The summed E-state index contributed by atoms with van der Waals surface area (Å²) in [5, 5.41) is 13.9. The summed E-state index contributed by atoms with van der Waals surface area (Å²) in [6.07, 6.45) is 1.68. The highest BCUT2D eigenvalue weighted by Crippen LogP contribution is 2.23. The molecular formula is C12H13BrN4OS. The zero-order chi connectivity index (χ0) is 13.8. The fourth-order valence-corrected chi connectivity index (χ4v) is 2.93. The van der Waals surface area contributed by atoms with Crippen LogP contribution in [-0.2, 0) is 6.54 Å². The average molecular weight is 341 g/mol. The molecule has 2 aromatic rings. The molecule has 0 saturated carbocycles. The van der Waals surface area contributed by atoms with E-state index in [1.807, 2.05) is 11.9 Å². The minimum absolute atomic E-state index is 0.0569. The van der Waals surface area contributed by atoms with E-state index in [-0.39, 0.29) is 5.84 Å². The Hall–Kier alpha value is -1.60. The summed E-state index contributed by atoms with van der Waals surface area (Å²) in [6, 6.07) is 5.59. The van der Waals surface area contributed by atoms with Gasteiger partial charge in [-0.15, -0.1) is 11.3 Å². The molecule has 0 amide bonds. The molecule has 0 radical (unpaired) electrons. The molecule has 0 atom stereocenters. The van der Waals surface area contributed by atoms with Gasteiger partial charge >= 0.3 is 0 Å². The summed E-state index contributed by atoms with van der Waals surface area (Å²) in [7, 11) is 1.92. The van der Waals surface area contributed by atoms with Gasteiger partial charge in [0.1, 0.15) is 5.82 Å². The lowest BCUT2D eigenvalue weighted by Crippen LogP contribution is -2.23. The van der Waals surface area contributed by atoms with Gasteiger partial charge in [0.15, 0.2) is 5.84 Å². The van der Waals surface area contributed by atoms with Crippen molar-refractivity contribution >= 4 is 38.9 Å². The van der Waals surface area contributed by atoms with Crippen LogP contribution in [0.4, 0.5) is 5.82 Å². The largest absolute Gasteiger partial charge is 0.409 e. The molecule has 0 spiro atoms. The number of aromatic nitrogens is 1. The first-order valence-electron chi connectivity index (χ1n) is 5.48. The van der Waals surface area contributed by atoms with Crippen LogP contribution in [0.15, 0.2) is 38.7 Å². The number of thiophene rings is 1. The number of rotatable bonds is 4. The Morgan fingerprint density at radius 2 is 2.42 bits per heavy atom. The molecule has 19 heavy (non-hydrogen) atoms. The molecule has 2 rings (SSSR count). The van der Waals surface area contributed by atoms with E-state index < -0.39 is 0 Å². The molecule has 2 heterocycles. The quantitative estimate of drug-likeness (QED) is 0.388. The molecule has 0 saturated heterocycles. The molecule has 0 aliphatic carbocycles. The number of hydrogen-bond acceptors (Lipinski definition) is 5. The zero-order valence-electron chi connectivity index (χ0n) is 10.2. The molecule has 3 N–H and O–H groups in total. The second-order valence-corrected chi connectivity index (χ2v) is 6.27. The number of pyridine rings is 1. The van der Waals surface area contributed by atoms with Crippen LogP contribution in [-0.4, -0.2) is 23.1 Å². The normalized spacial score (nSPS) is 11.6. The lowest BCUT2D eigenvalue weighted by molar-refractivity contribution is 0.318. The van der Waals surface area contributed by atoms with Gasteiger partial charge in [0, 0.05) is 19.8 Å². The van der Waals surface area contributed by atoms with E-state index in [0.717, 1.165) is 3.79 Å². The highest BCUT2D eigenvalue weighted by Gasteiger charge is 2.12. The second-order valence-electron chi connectivity index (χ2n) is 3.97. The minimum Gasteiger partial charge on any atom is -0.409 e. The van der Waals surface area contributed by atoms with Crippen LogP contribution in [0.2, 0.25) is 0 Å². The third-order valence-electron chi connectivity index (χ3n) is 2.57. The van der Waals surface area contributed by atoms with Crippen LogP contribution >= 0.6 is 27.3 Å². The molecule has 0 unspecified atom stereocenters. The fraction of sp³-hybridized carbons (Fsp3) is 0.167. The van der Waals surface area contributed by atoms with Crippen molar-refractivity contribution in [2.24, 2.45) is 10.9 Å². The summed E-state index contributed by atoms with van der Waals surface area (Å²) >= 11 is 5.08. The highest BCUT2D eigenvalue weighted by molar-refractivity contribution is 9.11. The summed E-state index contributed by atoms with van der Waals surface area (Å²) in [5.74, 6) is 0.738. The number of oxime groups is 1. The van der Waals surface area contributed by atoms with Crippen LogP contribution in [0.5, 0.6) is 0 Å². The van der Waals surface area contributed by atoms with Gasteiger partial charge in [-0.05, 0) is 45.1 Å². The van der Waals surface area contributed by atoms with Crippen LogP contribution in [0.1, 0.15) is 11.1 Å². The standard InChI is InChI=1S/C12H13BrN4OS/c1-17(6-8-5-10(13)19-7-8)12-9(11(14)16-18)3-2-4-15-12/h2-5,7,18H,6H2,1H3,(H2,14,16). The first-order chi connectivity index (χ1) is 9.11. The van der Waals surface area contributed by atoms with Gasteiger partial charge in [0.2, 0.25) is 0 Å². The Kier molecular flexibility index (Phi) is 4.39. The van der Waals surface area contributed by atoms with Gasteiger partial charge in [0.25, 0.3) is 0 Å². The number of hydrogen-bond donors (Lipinski definition) is 2. The molecule has 0 fully saturated rings. The van der Waals surface area contributed by atoms with Crippen LogP contribution in [0.25, 0.3) is 0 Å². The topological polar surface area (TPSA) is 74.7 Å². The third-order valence-corrected chi connectivity index (χ3v) is 4.13. The molecule has 0 bridgehead atoms. The fourth-order valence-electron chi connectivity index (χ4n) is 1.73. The van der Waals surface area contributed by atoms with E-state index >= 15 is 0 Å². The van der Waals surface area contributed by atoms with Crippen LogP contribution in [0, 0.1) is 0 Å². The van der Waals surface area contributed by atoms with Gasteiger partial charge in [-0.3, -0.25) is 0 Å². The smallest absolute Gasteiger partial charge is 0.173 e. The predicted molar refractivity (Wildman–Crippen MR) is 80.9 cm³/mol. The van der Waals surface area contributed by atoms with Crippen molar-refractivity contribution in [1.82, 2.24) is 4.98 Å². The molecule has 5 nitrogen and oxygen atoms in total. The van der Waals surface area contributed by atoms with E-state index in [2.05, 4.69) is 37.5 Å². The van der Waals surface area contributed by atoms with Crippen LogP contribution < -0.4 is 10.6 Å². The Morgan fingerprint density at radius 3 is 3.05 bits per heavy atom. The lowest BCUT2D eigenvalue weighted by Gasteiger charge is -2.20. The summed E-state index contributed by atoms with van der Waals surface area (Å²) in [4.78, 5) is 6.26. The molecular weight excluding hydrogens is 328 g/mol. The highest BCUT2D eigenvalue weighted by atomic mass is 79.9. The zero-order valence-corrected chi connectivity index (χ0v) is 12.6. The maximum absolute atomic E-state index is 8.80. The second kappa shape index (κ2) is 6.03. The summed E-state index contributed by atoms with van der Waals surface area (Å²) in [6.45, 7) is 0.699. The van der Waals surface area contributed by atoms with Gasteiger partial charge in [-0.25, -0.2) is 4.98 Å². The first-order valence-corrected chi connectivity index (χ1v) is 7.16. The van der Waals surface area contributed by atoms with Crippen molar-refractivity contribution in [3.63, 3.8) is 0 Å². The van der Waals surface area contributed by atoms with Gasteiger partial charge in [-0.2, -0.15) is 0 Å². The van der Waals surface area contributed by atoms with Crippen molar-refractivity contribution in [2.75, 3.05) is 11.9 Å². The lowest BCUT2D eigenvalue weighted by atomic mass is 10.2. The van der Waals surface area contributed by atoms with E-state index in [1.54, 1.807) is 29.7 Å². The van der Waals surface area contributed by atoms with Crippen LogP contribution in [0.3, 0.4) is 0 Å². The van der Waals surface area contributed by atoms with Gasteiger partial charge in [0.05, 0.1) is 9.35 Å². The van der Waals surface area contributed by atoms with Crippen molar-refractivity contribution in [3.05, 3.63) is 44.7 Å². The number of amidine groups is 1. The number of nitrogens with zero attached hydrogens (tertiary/aromatic N) is 3. The van der Waals surface area contributed by atoms with Crippen molar-refractivity contribution < 1.29 is 5.21 Å². The molecule has 0 aliphatic heterocycles. The number of nitrogens with two attached hydrogens (primary N) is 1. The molecule has 7 heteroatoms. The average Bonchev–Trinajstić information content (AvgIpc) is 2.83. The molecule has 2 aromatic heterocycles. The van der Waals surface area contributed by atoms with E-state index in [0.29, 0.717) is 17.9 Å². The number of halogens is 1. The predicted octanol–water partition coefficient (Wildman–Crippen LogP) is 2.64. The third kappa shape index (κ3) is 3.24. The maximum atomic E-state index is 8.80. The SMILES string of the molecule is CN(Cc1csc(Br)c1)c1ncccc1/C(N)=N/O. The van der Waals surface area contributed by atoms with E-state index in [4.69, 9.17) is 10.9 Å².